The fraction of sp³-hybridized carbons (Fsp3) is 0.900. The highest BCUT2D eigenvalue weighted by Crippen LogP contribution is 2.19. The van der Waals surface area contributed by atoms with E-state index in [1.165, 1.54) is 6.42 Å². The topological polar surface area (TPSA) is 43.8 Å². The monoisotopic (exact) mass is 198 g/mol. The van der Waals surface area contributed by atoms with Crippen LogP contribution in [0.4, 0.5) is 0 Å². The standard InChI is InChI=1S/C10H18N2O2/c1-11-3-2-8(5-11)6-12-7-9(13)4-10(12)14/h8-9,13H,2-7H2,1H3. The van der Waals surface area contributed by atoms with Gasteiger partial charge in [0.15, 0.2) is 0 Å². The zero-order chi connectivity index (χ0) is 10.1. The Kier molecular flexibility index (Phi) is 2.74. The Labute approximate surface area is 84.5 Å². The van der Waals surface area contributed by atoms with E-state index in [1.54, 1.807) is 0 Å². The van der Waals surface area contributed by atoms with Gasteiger partial charge in [0.1, 0.15) is 0 Å². The Morgan fingerprint density at radius 1 is 1.50 bits per heavy atom. The van der Waals surface area contributed by atoms with Crippen molar-refractivity contribution in [3.63, 3.8) is 0 Å². The van der Waals surface area contributed by atoms with Gasteiger partial charge in [-0.1, -0.05) is 0 Å². The molecule has 0 spiro atoms. The molecule has 0 bridgehead atoms. The van der Waals surface area contributed by atoms with Crippen molar-refractivity contribution in [2.24, 2.45) is 5.92 Å². The second-order valence-corrected chi connectivity index (χ2v) is 4.57. The zero-order valence-corrected chi connectivity index (χ0v) is 8.65. The van der Waals surface area contributed by atoms with Crippen molar-refractivity contribution < 1.29 is 9.90 Å². The number of aliphatic hydroxyl groups excluding tert-OH is 1. The maximum Gasteiger partial charge on any atom is 0.225 e. The van der Waals surface area contributed by atoms with E-state index in [-0.39, 0.29) is 5.91 Å². The third-order valence-corrected chi connectivity index (χ3v) is 3.16. The summed E-state index contributed by atoms with van der Waals surface area (Å²) < 4.78 is 0. The first-order valence-corrected chi connectivity index (χ1v) is 5.29. The Bertz CT molecular complexity index is 232. The molecule has 2 heterocycles. The van der Waals surface area contributed by atoms with Crippen LogP contribution in [-0.4, -0.2) is 60.1 Å². The van der Waals surface area contributed by atoms with Gasteiger partial charge in [-0.15, -0.1) is 0 Å². The second-order valence-electron chi connectivity index (χ2n) is 4.57. The number of rotatable bonds is 2. The first-order chi connectivity index (χ1) is 6.65. The number of likely N-dealkylation sites (tertiary alicyclic amines) is 2. The highest BCUT2D eigenvalue weighted by molar-refractivity contribution is 5.79. The number of hydrogen-bond acceptors (Lipinski definition) is 3. The molecule has 0 saturated carbocycles. The minimum absolute atomic E-state index is 0.118. The summed E-state index contributed by atoms with van der Waals surface area (Å²) in [5, 5.41) is 9.32. The first-order valence-electron chi connectivity index (χ1n) is 5.29. The summed E-state index contributed by atoms with van der Waals surface area (Å²) in [6.07, 6.45) is 1.07. The highest BCUT2D eigenvalue weighted by atomic mass is 16.3. The van der Waals surface area contributed by atoms with Crippen LogP contribution in [0.5, 0.6) is 0 Å². The summed E-state index contributed by atoms with van der Waals surface area (Å²) in [5.74, 6) is 0.723. The second kappa shape index (κ2) is 3.87. The number of amides is 1. The summed E-state index contributed by atoms with van der Waals surface area (Å²) >= 11 is 0. The number of β-amino-alcohol motifs (C(OH)–C–C–N with tert-alkyl or cyclic N) is 1. The van der Waals surface area contributed by atoms with E-state index in [9.17, 15) is 9.90 Å². The van der Waals surface area contributed by atoms with E-state index in [2.05, 4.69) is 11.9 Å². The summed E-state index contributed by atoms with van der Waals surface area (Å²) in [5.41, 5.74) is 0. The molecule has 0 aromatic heterocycles. The van der Waals surface area contributed by atoms with Crippen molar-refractivity contribution in [1.82, 2.24) is 9.80 Å². The molecule has 2 aliphatic rings. The minimum atomic E-state index is -0.429. The first kappa shape index (κ1) is 9.93. The van der Waals surface area contributed by atoms with Gasteiger partial charge < -0.3 is 14.9 Å². The quantitative estimate of drug-likeness (QED) is 0.652. The van der Waals surface area contributed by atoms with Crippen LogP contribution < -0.4 is 0 Å². The minimum Gasteiger partial charge on any atom is -0.391 e. The lowest BCUT2D eigenvalue weighted by molar-refractivity contribution is -0.128. The summed E-state index contributed by atoms with van der Waals surface area (Å²) in [7, 11) is 2.11. The van der Waals surface area contributed by atoms with Crippen LogP contribution in [0.3, 0.4) is 0 Å². The Morgan fingerprint density at radius 2 is 2.29 bits per heavy atom. The molecule has 80 valence electrons. The summed E-state index contributed by atoms with van der Waals surface area (Å²) in [6, 6.07) is 0. The molecule has 2 aliphatic heterocycles. The van der Waals surface area contributed by atoms with Gasteiger partial charge >= 0.3 is 0 Å². The zero-order valence-electron chi connectivity index (χ0n) is 8.65. The predicted octanol–water partition coefficient (Wildman–Crippen LogP) is -0.469. The van der Waals surface area contributed by atoms with Gasteiger partial charge in [-0.3, -0.25) is 4.79 Å². The van der Waals surface area contributed by atoms with Gasteiger partial charge in [0.05, 0.1) is 12.5 Å². The van der Waals surface area contributed by atoms with Crippen LogP contribution in [0, 0.1) is 5.92 Å². The molecule has 14 heavy (non-hydrogen) atoms. The lowest BCUT2D eigenvalue weighted by Crippen LogP contribution is -2.32. The van der Waals surface area contributed by atoms with Gasteiger partial charge in [-0.25, -0.2) is 0 Å². The van der Waals surface area contributed by atoms with Crippen molar-refractivity contribution in [2.45, 2.75) is 18.9 Å². The third-order valence-electron chi connectivity index (χ3n) is 3.16. The van der Waals surface area contributed by atoms with Crippen LogP contribution >= 0.6 is 0 Å². The van der Waals surface area contributed by atoms with Crippen LogP contribution in [0.25, 0.3) is 0 Å². The van der Waals surface area contributed by atoms with E-state index in [1.807, 2.05) is 4.90 Å². The SMILES string of the molecule is CN1CCC(CN2CC(O)CC2=O)C1. The molecule has 1 N–H and O–H groups in total. The molecule has 4 nitrogen and oxygen atoms in total. The maximum absolute atomic E-state index is 11.4. The Morgan fingerprint density at radius 3 is 2.79 bits per heavy atom. The molecule has 2 fully saturated rings. The van der Waals surface area contributed by atoms with E-state index in [0.29, 0.717) is 18.9 Å². The van der Waals surface area contributed by atoms with Gasteiger partial charge in [-0.05, 0) is 25.9 Å². The molecule has 0 radical (unpaired) electrons. The van der Waals surface area contributed by atoms with Gasteiger partial charge in [0.2, 0.25) is 5.91 Å². The fourth-order valence-corrected chi connectivity index (χ4v) is 2.41. The third kappa shape index (κ3) is 2.07. The van der Waals surface area contributed by atoms with Crippen LogP contribution in [0.2, 0.25) is 0 Å². The predicted molar refractivity (Wildman–Crippen MR) is 52.8 cm³/mol. The average Bonchev–Trinajstić information content (AvgIpc) is 2.61. The molecule has 2 rings (SSSR count). The molecular formula is C10H18N2O2. The van der Waals surface area contributed by atoms with E-state index >= 15 is 0 Å². The van der Waals surface area contributed by atoms with Crippen molar-refractivity contribution in [3.8, 4) is 0 Å². The number of hydrogen-bond donors (Lipinski definition) is 1. The lowest BCUT2D eigenvalue weighted by Gasteiger charge is -2.20. The van der Waals surface area contributed by atoms with Gasteiger partial charge in [0, 0.05) is 19.6 Å². The molecular weight excluding hydrogens is 180 g/mol. The molecule has 1 amide bonds. The highest BCUT2D eigenvalue weighted by Gasteiger charge is 2.31. The van der Waals surface area contributed by atoms with Gasteiger partial charge in [0.25, 0.3) is 0 Å². The number of aliphatic hydroxyl groups is 1. The van der Waals surface area contributed by atoms with Crippen LogP contribution in [0.1, 0.15) is 12.8 Å². The molecule has 0 aromatic carbocycles. The van der Waals surface area contributed by atoms with Crippen LogP contribution in [-0.2, 0) is 4.79 Å². The Balaban J connectivity index is 1.83. The molecule has 0 aliphatic carbocycles. The smallest absolute Gasteiger partial charge is 0.225 e. The Hall–Kier alpha value is -0.610. The lowest BCUT2D eigenvalue weighted by atomic mass is 10.1. The molecule has 2 unspecified atom stereocenters. The maximum atomic E-state index is 11.4. The van der Waals surface area contributed by atoms with Crippen molar-refractivity contribution in [2.75, 3.05) is 33.2 Å². The summed E-state index contributed by atoms with van der Waals surface area (Å²) in [4.78, 5) is 15.5. The van der Waals surface area contributed by atoms with Crippen molar-refractivity contribution >= 4 is 5.91 Å². The summed E-state index contributed by atoms with van der Waals surface area (Å²) in [6.45, 7) is 3.59. The largest absolute Gasteiger partial charge is 0.391 e. The van der Waals surface area contributed by atoms with E-state index in [0.717, 1.165) is 19.6 Å². The number of nitrogens with zero attached hydrogens (tertiary/aromatic N) is 2. The molecule has 0 aromatic rings. The average molecular weight is 198 g/mol. The van der Waals surface area contributed by atoms with Crippen molar-refractivity contribution in [3.05, 3.63) is 0 Å². The fourth-order valence-electron chi connectivity index (χ4n) is 2.41. The van der Waals surface area contributed by atoms with Crippen molar-refractivity contribution in [1.29, 1.82) is 0 Å². The normalized spacial score (nSPS) is 34.4. The van der Waals surface area contributed by atoms with Crippen LogP contribution in [0.15, 0.2) is 0 Å². The van der Waals surface area contributed by atoms with E-state index < -0.39 is 6.10 Å². The number of carbonyl (C=O) groups excluding carboxylic acids is 1. The number of carbonyl (C=O) groups is 1. The van der Waals surface area contributed by atoms with Gasteiger partial charge in [-0.2, -0.15) is 0 Å². The van der Waals surface area contributed by atoms with E-state index in [4.69, 9.17) is 0 Å². The molecule has 2 atom stereocenters. The molecule has 4 heteroatoms. The molecule has 2 saturated heterocycles.